The van der Waals surface area contributed by atoms with Crippen LogP contribution >= 0.6 is 11.6 Å². The molecular formula is C17H14ClFN2. The van der Waals surface area contributed by atoms with Crippen molar-refractivity contribution >= 4 is 22.5 Å². The van der Waals surface area contributed by atoms with Gasteiger partial charge in [0, 0.05) is 22.0 Å². The lowest BCUT2D eigenvalue weighted by Crippen LogP contribution is -2.09. The van der Waals surface area contributed by atoms with Crippen LogP contribution in [0.4, 0.5) is 4.39 Å². The highest BCUT2D eigenvalue weighted by atomic mass is 35.5. The van der Waals surface area contributed by atoms with Gasteiger partial charge in [0.15, 0.2) is 0 Å². The summed E-state index contributed by atoms with van der Waals surface area (Å²) >= 11 is 6.23. The highest BCUT2D eigenvalue weighted by Crippen LogP contribution is 2.32. The highest BCUT2D eigenvalue weighted by molar-refractivity contribution is 6.35. The van der Waals surface area contributed by atoms with Crippen LogP contribution in [0.25, 0.3) is 22.0 Å². The molecule has 0 fully saturated rings. The molecule has 21 heavy (non-hydrogen) atoms. The van der Waals surface area contributed by atoms with Gasteiger partial charge in [-0.05, 0) is 42.8 Å². The van der Waals surface area contributed by atoms with Gasteiger partial charge in [0.1, 0.15) is 5.82 Å². The molecule has 0 bridgehead atoms. The predicted octanol–water partition coefficient (Wildman–Crippen LogP) is 4.71. The Morgan fingerprint density at radius 2 is 1.90 bits per heavy atom. The summed E-state index contributed by atoms with van der Waals surface area (Å²) < 4.78 is 13.5. The van der Waals surface area contributed by atoms with E-state index in [1.165, 1.54) is 12.1 Å². The van der Waals surface area contributed by atoms with E-state index in [0.29, 0.717) is 5.02 Å². The third kappa shape index (κ3) is 2.62. The molecule has 0 saturated heterocycles. The van der Waals surface area contributed by atoms with E-state index in [1.54, 1.807) is 6.07 Å². The van der Waals surface area contributed by atoms with Crippen molar-refractivity contribution in [1.29, 1.82) is 0 Å². The molecule has 0 radical (unpaired) electrons. The van der Waals surface area contributed by atoms with Crippen molar-refractivity contribution in [3.05, 3.63) is 65.1 Å². The summed E-state index contributed by atoms with van der Waals surface area (Å²) in [4.78, 5) is 4.61. The fourth-order valence-corrected chi connectivity index (χ4v) is 2.63. The molecule has 0 aliphatic heterocycles. The van der Waals surface area contributed by atoms with Gasteiger partial charge in [-0.3, -0.25) is 4.98 Å². The Balaban J connectivity index is 2.34. The van der Waals surface area contributed by atoms with E-state index >= 15 is 0 Å². The Morgan fingerprint density at radius 3 is 2.62 bits per heavy atom. The second-order valence-corrected chi connectivity index (χ2v) is 5.43. The summed E-state index contributed by atoms with van der Waals surface area (Å²) in [5, 5.41) is 1.46. The largest absolute Gasteiger partial charge is 0.323 e. The first kappa shape index (κ1) is 14.0. The Kier molecular flexibility index (Phi) is 3.62. The number of nitrogens with zero attached hydrogens (tertiary/aromatic N) is 1. The molecule has 0 spiro atoms. The molecule has 3 aromatic rings. The number of fused-ring (bicyclic) bond motifs is 1. The van der Waals surface area contributed by atoms with E-state index in [-0.39, 0.29) is 11.9 Å². The summed E-state index contributed by atoms with van der Waals surface area (Å²) in [7, 11) is 0. The summed E-state index contributed by atoms with van der Waals surface area (Å²) in [5.74, 6) is -0.289. The number of benzene rings is 2. The summed E-state index contributed by atoms with van der Waals surface area (Å²) in [6, 6.07) is 13.6. The van der Waals surface area contributed by atoms with E-state index in [1.807, 2.05) is 37.3 Å². The lowest BCUT2D eigenvalue weighted by Gasteiger charge is -2.14. The molecule has 4 heteroatoms. The minimum Gasteiger partial charge on any atom is -0.323 e. The average Bonchev–Trinajstić information content (AvgIpc) is 2.46. The molecule has 1 heterocycles. The second kappa shape index (κ2) is 5.43. The third-order valence-corrected chi connectivity index (χ3v) is 3.73. The summed E-state index contributed by atoms with van der Waals surface area (Å²) in [6.07, 6.45) is 0. The highest BCUT2D eigenvalue weighted by Gasteiger charge is 2.14. The van der Waals surface area contributed by atoms with Crippen molar-refractivity contribution in [2.24, 2.45) is 5.73 Å². The van der Waals surface area contributed by atoms with Crippen LogP contribution in [0.2, 0.25) is 5.02 Å². The van der Waals surface area contributed by atoms with E-state index in [2.05, 4.69) is 4.98 Å². The first-order chi connectivity index (χ1) is 10.1. The minimum atomic E-state index is -0.289. The summed E-state index contributed by atoms with van der Waals surface area (Å²) in [5.41, 5.74) is 9.11. The Hall–Kier alpha value is -1.97. The van der Waals surface area contributed by atoms with Gasteiger partial charge in [-0.1, -0.05) is 29.8 Å². The zero-order chi connectivity index (χ0) is 15.0. The van der Waals surface area contributed by atoms with Crippen LogP contribution in [0.5, 0.6) is 0 Å². The quantitative estimate of drug-likeness (QED) is 0.744. The van der Waals surface area contributed by atoms with Crippen LogP contribution < -0.4 is 5.73 Å². The van der Waals surface area contributed by atoms with Crippen molar-refractivity contribution < 1.29 is 4.39 Å². The molecule has 0 unspecified atom stereocenters. The van der Waals surface area contributed by atoms with Crippen molar-refractivity contribution in [2.75, 3.05) is 0 Å². The molecule has 0 amide bonds. The molecular weight excluding hydrogens is 287 g/mol. The standard InChI is InChI=1S/C17H14ClFN2/c1-10(20)17-13(11-4-2-5-12(19)8-11)9-14-15(18)6-3-7-16(14)21-17/h2-10H,20H2,1H3/t10-/m0/s1. The van der Waals surface area contributed by atoms with E-state index < -0.39 is 0 Å². The van der Waals surface area contributed by atoms with Crippen molar-refractivity contribution in [3.8, 4) is 11.1 Å². The molecule has 3 rings (SSSR count). The fraction of sp³-hybridized carbons (Fsp3) is 0.118. The second-order valence-electron chi connectivity index (χ2n) is 5.03. The smallest absolute Gasteiger partial charge is 0.123 e. The first-order valence-electron chi connectivity index (χ1n) is 6.67. The molecule has 2 aromatic carbocycles. The van der Waals surface area contributed by atoms with Crippen LogP contribution in [0, 0.1) is 5.82 Å². The number of halogens is 2. The minimum absolute atomic E-state index is 0.258. The topological polar surface area (TPSA) is 38.9 Å². The van der Waals surface area contributed by atoms with E-state index in [4.69, 9.17) is 17.3 Å². The maximum Gasteiger partial charge on any atom is 0.123 e. The SMILES string of the molecule is C[C@H](N)c1nc2cccc(Cl)c2cc1-c1cccc(F)c1. The predicted molar refractivity (Wildman–Crippen MR) is 84.7 cm³/mol. The van der Waals surface area contributed by atoms with Gasteiger partial charge in [-0.15, -0.1) is 0 Å². The van der Waals surface area contributed by atoms with Crippen molar-refractivity contribution in [3.63, 3.8) is 0 Å². The van der Waals surface area contributed by atoms with E-state index in [9.17, 15) is 4.39 Å². The van der Waals surface area contributed by atoms with Crippen LogP contribution in [0.15, 0.2) is 48.5 Å². The number of nitrogens with two attached hydrogens (primary N) is 1. The molecule has 1 aromatic heterocycles. The Bertz CT molecular complexity index is 815. The Labute approximate surface area is 127 Å². The molecule has 1 atom stereocenters. The van der Waals surface area contributed by atoms with Crippen LogP contribution in [0.1, 0.15) is 18.7 Å². The maximum atomic E-state index is 13.5. The van der Waals surface area contributed by atoms with E-state index in [0.717, 1.165) is 27.7 Å². The van der Waals surface area contributed by atoms with Crippen LogP contribution in [-0.4, -0.2) is 4.98 Å². The number of pyridine rings is 1. The van der Waals surface area contributed by atoms with Gasteiger partial charge >= 0.3 is 0 Å². The Morgan fingerprint density at radius 1 is 1.14 bits per heavy atom. The lowest BCUT2D eigenvalue weighted by atomic mass is 9.98. The molecule has 0 aliphatic carbocycles. The molecule has 0 saturated carbocycles. The fourth-order valence-electron chi connectivity index (χ4n) is 2.41. The van der Waals surface area contributed by atoms with Gasteiger partial charge in [0.2, 0.25) is 0 Å². The molecule has 106 valence electrons. The molecule has 0 aliphatic rings. The monoisotopic (exact) mass is 300 g/mol. The van der Waals surface area contributed by atoms with Crippen molar-refractivity contribution in [1.82, 2.24) is 4.98 Å². The molecule has 2 N–H and O–H groups in total. The van der Waals surface area contributed by atoms with Gasteiger partial charge in [0.05, 0.1) is 11.2 Å². The van der Waals surface area contributed by atoms with Gasteiger partial charge in [0.25, 0.3) is 0 Å². The maximum absolute atomic E-state index is 13.5. The number of rotatable bonds is 2. The lowest BCUT2D eigenvalue weighted by molar-refractivity contribution is 0.628. The number of hydrogen-bond acceptors (Lipinski definition) is 2. The average molecular weight is 301 g/mol. The third-order valence-electron chi connectivity index (χ3n) is 3.40. The molecule has 2 nitrogen and oxygen atoms in total. The zero-order valence-corrected chi connectivity index (χ0v) is 12.2. The van der Waals surface area contributed by atoms with Gasteiger partial charge in [-0.2, -0.15) is 0 Å². The normalized spacial score (nSPS) is 12.6. The van der Waals surface area contributed by atoms with Gasteiger partial charge < -0.3 is 5.73 Å². The first-order valence-corrected chi connectivity index (χ1v) is 7.05. The van der Waals surface area contributed by atoms with Gasteiger partial charge in [-0.25, -0.2) is 4.39 Å². The van der Waals surface area contributed by atoms with Crippen LogP contribution in [-0.2, 0) is 0 Å². The zero-order valence-electron chi connectivity index (χ0n) is 11.5. The van der Waals surface area contributed by atoms with Crippen molar-refractivity contribution in [2.45, 2.75) is 13.0 Å². The van der Waals surface area contributed by atoms with Crippen LogP contribution in [0.3, 0.4) is 0 Å². The number of hydrogen-bond donors (Lipinski definition) is 1. The summed E-state index contributed by atoms with van der Waals surface area (Å²) in [6.45, 7) is 1.86. The number of aromatic nitrogens is 1.